The predicted octanol–water partition coefficient (Wildman–Crippen LogP) is 2.71. The summed E-state index contributed by atoms with van der Waals surface area (Å²) < 4.78 is 0. The van der Waals surface area contributed by atoms with Gasteiger partial charge >= 0.3 is 12.0 Å². The Kier molecular flexibility index (Phi) is 6.30. The molecule has 3 unspecified atom stereocenters. The lowest BCUT2D eigenvalue weighted by molar-refractivity contribution is -0.137. The Bertz CT molecular complexity index is 344. The van der Waals surface area contributed by atoms with Crippen molar-refractivity contribution in [3.63, 3.8) is 0 Å². The highest BCUT2D eigenvalue weighted by atomic mass is 16.4. The minimum absolute atomic E-state index is 0.00664. The fraction of sp³-hybridized carbons (Fsp3) is 0.867. The largest absolute Gasteiger partial charge is 0.481 e. The monoisotopic (exact) mass is 284 g/mol. The minimum atomic E-state index is -0.872. The van der Waals surface area contributed by atoms with Crippen molar-refractivity contribution in [3.05, 3.63) is 0 Å². The maximum Gasteiger partial charge on any atom is 0.317 e. The molecule has 0 aromatic heterocycles. The molecule has 0 aromatic rings. The van der Waals surface area contributed by atoms with Crippen LogP contribution in [0.15, 0.2) is 0 Å². The van der Waals surface area contributed by atoms with Gasteiger partial charge in [0, 0.05) is 18.6 Å². The first-order valence-corrected chi connectivity index (χ1v) is 7.60. The number of urea groups is 1. The van der Waals surface area contributed by atoms with Gasteiger partial charge in [0.2, 0.25) is 0 Å². The molecule has 0 heterocycles. The second kappa shape index (κ2) is 7.50. The van der Waals surface area contributed by atoms with E-state index < -0.39 is 5.97 Å². The highest BCUT2D eigenvalue weighted by Crippen LogP contribution is 2.28. The number of amides is 2. The van der Waals surface area contributed by atoms with Crippen molar-refractivity contribution in [2.24, 2.45) is 11.8 Å². The molecule has 3 atom stereocenters. The van der Waals surface area contributed by atoms with Crippen LogP contribution >= 0.6 is 0 Å². The molecule has 2 N–H and O–H groups in total. The Labute approximate surface area is 121 Å². The summed E-state index contributed by atoms with van der Waals surface area (Å²) in [6, 6.07) is 0.0876. The first-order chi connectivity index (χ1) is 9.31. The second-order valence-corrected chi connectivity index (χ2v) is 6.38. The summed E-state index contributed by atoms with van der Waals surface area (Å²) in [6.45, 7) is 8.51. The Balaban J connectivity index is 2.55. The van der Waals surface area contributed by atoms with Gasteiger partial charge in [-0.3, -0.25) is 4.79 Å². The van der Waals surface area contributed by atoms with Crippen LogP contribution in [0, 0.1) is 11.8 Å². The summed E-state index contributed by atoms with van der Waals surface area (Å²) in [6.07, 6.45) is 3.29. The van der Waals surface area contributed by atoms with Crippen LogP contribution in [-0.2, 0) is 4.79 Å². The highest BCUT2D eigenvalue weighted by Gasteiger charge is 2.28. The van der Waals surface area contributed by atoms with Gasteiger partial charge in [-0.2, -0.15) is 0 Å². The van der Waals surface area contributed by atoms with Crippen molar-refractivity contribution in [1.82, 2.24) is 10.2 Å². The molecule has 116 valence electrons. The van der Waals surface area contributed by atoms with Crippen LogP contribution in [0.3, 0.4) is 0 Å². The zero-order valence-electron chi connectivity index (χ0n) is 13.1. The van der Waals surface area contributed by atoms with Crippen molar-refractivity contribution >= 4 is 12.0 Å². The SMILES string of the molecule is CC1CCC(NC(=O)N(CCC(=O)O)C(C)C)C(C)C1. The standard InChI is InChI=1S/C15H28N2O3/c1-10(2)17(8-7-14(18)19)15(20)16-13-6-5-11(3)9-12(13)4/h10-13H,5-9H2,1-4H3,(H,16,20)(H,18,19). The molecule has 0 radical (unpaired) electrons. The summed E-state index contributed by atoms with van der Waals surface area (Å²) in [5.41, 5.74) is 0. The fourth-order valence-corrected chi connectivity index (χ4v) is 2.93. The molecule has 1 aliphatic carbocycles. The third-order valence-corrected chi connectivity index (χ3v) is 4.19. The Morgan fingerprint density at radius 3 is 2.45 bits per heavy atom. The zero-order chi connectivity index (χ0) is 15.3. The Morgan fingerprint density at radius 2 is 1.95 bits per heavy atom. The third kappa shape index (κ3) is 5.02. The lowest BCUT2D eigenvalue weighted by Crippen LogP contribution is -2.51. The van der Waals surface area contributed by atoms with E-state index in [0.29, 0.717) is 5.92 Å². The third-order valence-electron chi connectivity index (χ3n) is 4.19. The summed E-state index contributed by atoms with van der Waals surface area (Å²) in [5, 5.41) is 11.8. The van der Waals surface area contributed by atoms with Gasteiger partial charge in [0.05, 0.1) is 6.42 Å². The predicted molar refractivity (Wildman–Crippen MR) is 78.6 cm³/mol. The van der Waals surface area contributed by atoms with E-state index in [1.807, 2.05) is 13.8 Å². The molecule has 1 fully saturated rings. The van der Waals surface area contributed by atoms with Crippen molar-refractivity contribution in [2.75, 3.05) is 6.54 Å². The number of carbonyl (C=O) groups is 2. The molecule has 0 spiro atoms. The van der Waals surface area contributed by atoms with Gasteiger partial charge in [-0.05, 0) is 44.9 Å². The zero-order valence-corrected chi connectivity index (χ0v) is 13.1. The average Bonchev–Trinajstić information content (AvgIpc) is 2.32. The molecular formula is C15H28N2O3. The Hall–Kier alpha value is -1.26. The van der Waals surface area contributed by atoms with Crippen LogP contribution in [0.5, 0.6) is 0 Å². The second-order valence-electron chi connectivity index (χ2n) is 6.38. The number of carboxylic acid groups (broad SMARTS) is 1. The number of hydrogen-bond donors (Lipinski definition) is 2. The molecule has 0 aromatic carbocycles. The van der Waals surface area contributed by atoms with Crippen LogP contribution in [-0.4, -0.2) is 40.6 Å². The van der Waals surface area contributed by atoms with Gasteiger partial charge in [0.25, 0.3) is 0 Å². The molecule has 0 saturated heterocycles. The van der Waals surface area contributed by atoms with Crippen LogP contribution in [0.4, 0.5) is 4.79 Å². The van der Waals surface area contributed by atoms with Gasteiger partial charge in [-0.1, -0.05) is 13.8 Å². The van der Waals surface area contributed by atoms with Gasteiger partial charge in [0.1, 0.15) is 0 Å². The number of rotatable bonds is 5. The van der Waals surface area contributed by atoms with Crippen molar-refractivity contribution < 1.29 is 14.7 Å². The highest BCUT2D eigenvalue weighted by molar-refractivity contribution is 5.76. The molecule has 0 aliphatic heterocycles. The van der Waals surface area contributed by atoms with Crippen molar-refractivity contribution in [1.29, 1.82) is 0 Å². The summed E-state index contributed by atoms with van der Waals surface area (Å²) in [7, 11) is 0. The lowest BCUT2D eigenvalue weighted by Gasteiger charge is -2.35. The molecule has 2 amide bonds. The first-order valence-electron chi connectivity index (χ1n) is 7.60. The maximum absolute atomic E-state index is 12.3. The molecule has 1 saturated carbocycles. The van der Waals surface area contributed by atoms with E-state index in [4.69, 9.17) is 5.11 Å². The van der Waals surface area contributed by atoms with E-state index in [1.54, 1.807) is 4.90 Å². The molecule has 1 aliphatic rings. The summed E-state index contributed by atoms with van der Waals surface area (Å²) >= 11 is 0. The van der Waals surface area contributed by atoms with Gasteiger partial charge in [0.15, 0.2) is 0 Å². The van der Waals surface area contributed by atoms with Gasteiger partial charge in [-0.25, -0.2) is 4.79 Å². The van der Waals surface area contributed by atoms with E-state index >= 15 is 0 Å². The fourth-order valence-electron chi connectivity index (χ4n) is 2.93. The summed E-state index contributed by atoms with van der Waals surface area (Å²) in [5.74, 6) is 0.339. The number of carboxylic acids is 1. The minimum Gasteiger partial charge on any atom is -0.481 e. The molecule has 5 nitrogen and oxygen atoms in total. The normalized spacial score (nSPS) is 26.4. The molecule has 20 heavy (non-hydrogen) atoms. The average molecular weight is 284 g/mol. The van der Waals surface area contributed by atoms with E-state index in [0.717, 1.165) is 25.2 Å². The quantitative estimate of drug-likeness (QED) is 0.815. The maximum atomic E-state index is 12.3. The van der Waals surface area contributed by atoms with Crippen LogP contribution in [0.1, 0.15) is 53.4 Å². The Morgan fingerprint density at radius 1 is 1.30 bits per heavy atom. The van der Waals surface area contributed by atoms with E-state index in [2.05, 4.69) is 19.2 Å². The van der Waals surface area contributed by atoms with E-state index in [9.17, 15) is 9.59 Å². The summed E-state index contributed by atoms with van der Waals surface area (Å²) in [4.78, 5) is 24.6. The van der Waals surface area contributed by atoms with E-state index in [1.165, 1.54) is 0 Å². The number of hydrogen-bond acceptors (Lipinski definition) is 2. The van der Waals surface area contributed by atoms with Crippen molar-refractivity contribution in [3.8, 4) is 0 Å². The molecule has 1 rings (SSSR count). The number of nitrogens with zero attached hydrogens (tertiary/aromatic N) is 1. The van der Waals surface area contributed by atoms with Crippen LogP contribution in [0.25, 0.3) is 0 Å². The number of aliphatic carboxylic acids is 1. The lowest BCUT2D eigenvalue weighted by atomic mass is 9.80. The van der Waals surface area contributed by atoms with Crippen LogP contribution in [0.2, 0.25) is 0 Å². The topological polar surface area (TPSA) is 69.6 Å². The number of nitrogens with one attached hydrogen (secondary N) is 1. The van der Waals surface area contributed by atoms with E-state index in [-0.39, 0.29) is 31.1 Å². The van der Waals surface area contributed by atoms with Gasteiger partial charge in [-0.15, -0.1) is 0 Å². The smallest absolute Gasteiger partial charge is 0.317 e. The number of carbonyl (C=O) groups excluding carboxylic acids is 1. The molecule has 5 heteroatoms. The van der Waals surface area contributed by atoms with Crippen molar-refractivity contribution in [2.45, 2.75) is 65.5 Å². The molecular weight excluding hydrogens is 256 g/mol. The van der Waals surface area contributed by atoms with Crippen LogP contribution < -0.4 is 5.32 Å². The first kappa shape index (κ1) is 16.8. The van der Waals surface area contributed by atoms with Gasteiger partial charge < -0.3 is 15.3 Å². The molecule has 0 bridgehead atoms.